The largest absolute Gasteiger partial charge is 0.477 e. The van der Waals surface area contributed by atoms with Crippen molar-refractivity contribution in [2.24, 2.45) is 0 Å². The molecule has 0 saturated heterocycles. The first kappa shape index (κ1) is 10.1. The first-order valence-corrected chi connectivity index (χ1v) is 4.11. The zero-order valence-electron chi connectivity index (χ0n) is 6.33. The molecule has 0 aliphatic rings. The number of carboxylic acids is 1. The lowest BCUT2D eigenvalue weighted by molar-refractivity contribution is -0.0524. The summed E-state index contributed by atoms with van der Waals surface area (Å²) in [7, 11) is 0. The Bertz CT molecular complexity index is 321. The molecule has 0 bridgehead atoms. The topological polar surface area (TPSA) is 57.5 Å². The summed E-state index contributed by atoms with van der Waals surface area (Å²) in [6.45, 7) is -1.31. The number of aliphatic hydroxyl groups is 1. The van der Waals surface area contributed by atoms with Crippen LogP contribution in [0, 0.1) is 0 Å². The lowest BCUT2D eigenvalue weighted by Gasteiger charge is -2.09. The molecular formula is C7H6F2O3S. The van der Waals surface area contributed by atoms with E-state index in [0.29, 0.717) is 11.3 Å². The van der Waals surface area contributed by atoms with E-state index >= 15 is 0 Å². The van der Waals surface area contributed by atoms with Crippen LogP contribution in [0.2, 0.25) is 0 Å². The molecule has 13 heavy (non-hydrogen) atoms. The Morgan fingerprint density at radius 1 is 1.54 bits per heavy atom. The molecule has 0 fully saturated rings. The van der Waals surface area contributed by atoms with Gasteiger partial charge in [-0.3, -0.25) is 0 Å². The molecule has 1 aromatic heterocycles. The molecular weight excluding hydrogens is 202 g/mol. The van der Waals surface area contributed by atoms with Crippen molar-refractivity contribution in [1.82, 2.24) is 0 Å². The van der Waals surface area contributed by atoms with Crippen molar-refractivity contribution >= 4 is 17.3 Å². The third-order valence-electron chi connectivity index (χ3n) is 1.38. The number of aliphatic hydroxyl groups excluding tert-OH is 1. The standard InChI is InChI=1S/C7H6F2O3S/c8-7(9,3-10)5-2-1-4(13-5)6(11)12/h1-2,10H,3H2,(H,11,12). The van der Waals surface area contributed by atoms with Gasteiger partial charge in [-0.05, 0) is 12.1 Å². The van der Waals surface area contributed by atoms with E-state index in [4.69, 9.17) is 10.2 Å². The number of thiophene rings is 1. The van der Waals surface area contributed by atoms with Gasteiger partial charge in [0.25, 0.3) is 0 Å². The Morgan fingerprint density at radius 2 is 2.15 bits per heavy atom. The molecule has 0 atom stereocenters. The highest BCUT2D eigenvalue weighted by atomic mass is 32.1. The highest BCUT2D eigenvalue weighted by Gasteiger charge is 2.32. The van der Waals surface area contributed by atoms with Gasteiger partial charge in [-0.1, -0.05) is 0 Å². The smallest absolute Gasteiger partial charge is 0.345 e. The molecule has 0 aliphatic heterocycles. The summed E-state index contributed by atoms with van der Waals surface area (Å²) in [5.74, 6) is -4.59. The highest BCUT2D eigenvalue weighted by molar-refractivity contribution is 7.14. The Labute approximate surface area is 76.2 Å². The molecule has 1 aromatic rings. The quantitative estimate of drug-likeness (QED) is 0.791. The van der Waals surface area contributed by atoms with Gasteiger partial charge in [0.05, 0.1) is 4.88 Å². The van der Waals surface area contributed by atoms with Crippen LogP contribution in [0.1, 0.15) is 14.5 Å². The normalized spacial score (nSPS) is 11.6. The van der Waals surface area contributed by atoms with Crippen molar-refractivity contribution in [2.75, 3.05) is 6.61 Å². The van der Waals surface area contributed by atoms with Gasteiger partial charge in [-0.15, -0.1) is 11.3 Å². The maximum absolute atomic E-state index is 12.7. The van der Waals surface area contributed by atoms with E-state index in [-0.39, 0.29) is 4.88 Å². The highest BCUT2D eigenvalue weighted by Crippen LogP contribution is 2.32. The number of alkyl halides is 2. The molecule has 0 saturated carbocycles. The average molecular weight is 208 g/mol. The molecule has 3 nitrogen and oxygen atoms in total. The zero-order valence-corrected chi connectivity index (χ0v) is 7.15. The Kier molecular flexibility index (Phi) is 2.63. The van der Waals surface area contributed by atoms with Crippen LogP contribution in [0.3, 0.4) is 0 Å². The molecule has 0 radical (unpaired) electrons. The van der Waals surface area contributed by atoms with E-state index in [9.17, 15) is 13.6 Å². The number of halogens is 2. The predicted molar refractivity (Wildman–Crippen MR) is 42.3 cm³/mol. The maximum Gasteiger partial charge on any atom is 0.345 e. The van der Waals surface area contributed by atoms with E-state index in [0.717, 1.165) is 12.1 Å². The number of aromatic carboxylic acids is 1. The zero-order chi connectivity index (χ0) is 10.1. The molecule has 0 amide bonds. The summed E-state index contributed by atoms with van der Waals surface area (Å²) >= 11 is 0.463. The van der Waals surface area contributed by atoms with E-state index in [1.165, 1.54) is 0 Å². The van der Waals surface area contributed by atoms with Gasteiger partial charge in [-0.2, -0.15) is 8.78 Å². The number of carboxylic acid groups (broad SMARTS) is 1. The minimum Gasteiger partial charge on any atom is -0.477 e. The van der Waals surface area contributed by atoms with Crippen LogP contribution in [0.15, 0.2) is 12.1 Å². The summed E-state index contributed by atoms with van der Waals surface area (Å²) in [5, 5.41) is 16.7. The fourth-order valence-corrected chi connectivity index (χ4v) is 1.54. The second kappa shape index (κ2) is 3.39. The van der Waals surface area contributed by atoms with Gasteiger partial charge in [0.1, 0.15) is 11.5 Å². The van der Waals surface area contributed by atoms with Gasteiger partial charge < -0.3 is 10.2 Å². The van der Waals surface area contributed by atoms with Crippen LogP contribution in [-0.4, -0.2) is 22.8 Å². The second-order valence-electron chi connectivity index (χ2n) is 2.33. The molecule has 0 spiro atoms. The molecule has 1 heterocycles. The lowest BCUT2D eigenvalue weighted by Crippen LogP contribution is -2.16. The van der Waals surface area contributed by atoms with Crippen LogP contribution in [0.5, 0.6) is 0 Å². The molecule has 1 rings (SSSR count). The molecule has 0 aromatic carbocycles. The van der Waals surface area contributed by atoms with Crippen molar-refractivity contribution in [3.63, 3.8) is 0 Å². The summed E-state index contributed by atoms with van der Waals surface area (Å²) in [5.41, 5.74) is 0. The number of hydrogen-bond donors (Lipinski definition) is 2. The molecule has 0 unspecified atom stereocenters. The monoisotopic (exact) mass is 208 g/mol. The summed E-state index contributed by atoms with van der Waals surface area (Å²) in [4.78, 5) is 9.73. The average Bonchev–Trinajstić information content (AvgIpc) is 2.52. The van der Waals surface area contributed by atoms with E-state index in [1.807, 2.05) is 0 Å². The van der Waals surface area contributed by atoms with Crippen LogP contribution >= 0.6 is 11.3 Å². The molecule has 2 N–H and O–H groups in total. The van der Waals surface area contributed by atoms with Crippen LogP contribution < -0.4 is 0 Å². The minimum atomic E-state index is -3.35. The van der Waals surface area contributed by atoms with E-state index in [2.05, 4.69) is 0 Å². The second-order valence-corrected chi connectivity index (χ2v) is 3.42. The number of rotatable bonds is 3. The summed E-state index contributed by atoms with van der Waals surface area (Å²) < 4.78 is 25.5. The van der Waals surface area contributed by atoms with Crippen molar-refractivity contribution in [3.05, 3.63) is 21.9 Å². The van der Waals surface area contributed by atoms with Crippen molar-refractivity contribution in [1.29, 1.82) is 0 Å². The van der Waals surface area contributed by atoms with Crippen molar-refractivity contribution < 1.29 is 23.8 Å². The number of hydrogen-bond acceptors (Lipinski definition) is 3. The fraction of sp³-hybridized carbons (Fsp3) is 0.286. The van der Waals surface area contributed by atoms with Crippen molar-refractivity contribution in [3.8, 4) is 0 Å². The molecule has 6 heteroatoms. The van der Waals surface area contributed by atoms with Crippen LogP contribution in [-0.2, 0) is 5.92 Å². The summed E-state index contributed by atoms with van der Waals surface area (Å²) in [6, 6.07) is 2.09. The molecule has 72 valence electrons. The molecule has 0 aliphatic carbocycles. The first-order valence-electron chi connectivity index (χ1n) is 3.29. The SMILES string of the molecule is O=C(O)c1ccc(C(F)(F)CO)s1. The third-order valence-corrected chi connectivity index (χ3v) is 2.56. The Hall–Kier alpha value is -1.01. The summed E-state index contributed by atoms with van der Waals surface area (Å²) in [6.07, 6.45) is 0. The van der Waals surface area contributed by atoms with E-state index < -0.39 is 23.4 Å². The number of carbonyl (C=O) groups is 1. The van der Waals surface area contributed by atoms with E-state index in [1.54, 1.807) is 0 Å². The van der Waals surface area contributed by atoms with Gasteiger partial charge in [0, 0.05) is 0 Å². The Morgan fingerprint density at radius 3 is 2.54 bits per heavy atom. The third kappa shape index (κ3) is 2.02. The Balaban J connectivity index is 2.98. The van der Waals surface area contributed by atoms with Gasteiger partial charge in [-0.25, -0.2) is 4.79 Å². The van der Waals surface area contributed by atoms with Crippen LogP contribution in [0.4, 0.5) is 8.78 Å². The lowest BCUT2D eigenvalue weighted by atomic mass is 10.3. The maximum atomic E-state index is 12.7. The fourth-order valence-electron chi connectivity index (χ4n) is 0.727. The van der Waals surface area contributed by atoms with Crippen LogP contribution in [0.25, 0.3) is 0 Å². The first-order chi connectivity index (χ1) is 5.97. The van der Waals surface area contributed by atoms with Gasteiger partial charge in [0.2, 0.25) is 0 Å². The minimum absolute atomic E-state index is 0.164. The van der Waals surface area contributed by atoms with Gasteiger partial charge in [0.15, 0.2) is 0 Å². The van der Waals surface area contributed by atoms with Gasteiger partial charge >= 0.3 is 11.9 Å². The predicted octanol–water partition coefficient (Wildman–Crippen LogP) is 1.53. The van der Waals surface area contributed by atoms with Crippen molar-refractivity contribution in [2.45, 2.75) is 5.92 Å².